The lowest BCUT2D eigenvalue weighted by Gasteiger charge is -2.13. The molecule has 0 amide bonds. The number of rotatable bonds is 6. The standard InChI is InChI=1S/C57H35N5S/c1-3-13-36(14-4-1)47-34-42(35-48(59-47)37-15-5-2-6-16-37)61-49-21-9-8-20-44(49)46-32-40(25-27-51(46)61)38-17-11-18-39(31-38)41-24-26-45-43-19-7-10-22-50(43)62(52(45)33-41)55-29-28-54-57(60-55)56-53(63-54)23-12-30-58-56/h1-35H. The molecule has 0 spiro atoms. The van der Waals surface area contributed by atoms with Crippen LogP contribution in [0.1, 0.15) is 0 Å². The summed E-state index contributed by atoms with van der Waals surface area (Å²) in [6.45, 7) is 0. The van der Waals surface area contributed by atoms with Gasteiger partial charge in [-0.05, 0) is 95.1 Å². The smallest absolute Gasteiger partial charge is 0.138 e. The number of benzene rings is 7. The Morgan fingerprint density at radius 1 is 0.333 bits per heavy atom. The molecule has 0 N–H and O–H groups in total. The van der Waals surface area contributed by atoms with Crippen LogP contribution in [-0.2, 0) is 0 Å². The van der Waals surface area contributed by atoms with Gasteiger partial charge in [0, 0.05) is 38.9 Å². The van der Waals surface area contributed by atoms with Gasteiger partial charge in [0.15, 0.2) is 0 Å². The van der Waals surface area contributed by atoms with E-state index in [4.69, 9.17) is 15.0 Å². The summed E-state index contributed by atoms with van der Waals surface area (Å²) in [6, 6.07) is 73.8. The lowest BCUT2D eigenvalue weighted by molar-refractivity contribution is 1.10. The maximum absolute atomic E-state index is 5.27. The van der Waals surface area contributed by atoms with Crippen LogP contribution in [0, 0.1) is 0 Å². The van der Waals surface area contributed by atoms with E-state index in [1.807, 2.05) is 12.3 Å². The number of hydrogen-bond acceptors (Lipinski definition) is 4. The summed E-state index contributed by atoms with van der Waals surface area (Å²) in [6.07, 6.45) is 1.85. The molecule has 0 aliphatic heterocycles. The highest BCUT2D eigenvalue weighted by molar-refractivity contribution is 7.25. The molecule has 0 saturated heterocycles. The van der Waals surface area contributed by atoms with Crippen LogP contribution in [0.25, 0.3) is 120 Å². The van der Waals surface area contributed by atoms with Gasteiger partial charge in [0.1, 0.15) is 16.9 Å². The highest BCUT2D eigenvalue weighted by atomic mass is 32.1. The fraction of sp³-hybridized carbons (Fsp3) is 0. The zero-order chi connectivity index (χ0) is 41.4. The van der Waals surface area contributed by atoms with Gasteiger partial charge in [-0.3, -0.25) is 9.55 Å². The second-order valence-electron chi connectivity index (χ2n) is 16.0. The fourth-order valence-electron chi connectivity index (χ4n) is 9.45. The molecule has 0 unspecified atom stereocenters. The third kappa shape index (κ3) is 5.80. The Bertz CT molecular complexity index is 3860. The Labute approximate surface area is 366 Å². The summed E-state index contributed by atoms with van der Waals surface area (Å²) in [4.78, 5) is 15.2. The summed E-state index contributed by atoms with van der Waals surface area (Å²) >= 11 is 1.74. The molecule has 13 rings (SSSR count). The molecule has 7 aromatic carbocycles. The number of para-hydroxylation sites is 2. The monoisotopic (exact) mass is 821 g/mol. The fourth-order valence-corrected chi connectivity index (χ4v) is 10.5. The van der Waals surface area contributed by atoms with Crippen molar-refractivity contribution in [2.75, 3.05) is 0 Å². The predicted octanol–water partition coefficient (Wildman–Crippen LogP) is 15.1. The molecule has 0 radical (unpaired) electrons. The van der Waals surface area contributed by atoms with Crippen LogP contribution in [0.4, 0.5) is 0 Å². The summed E-state index contributed by atoms with van der Waals surface area (Å²) in [5.74, 6) is 0.886. The highest BCUT2D eigenvalue weighted by Crippen LogP contribution is 2.40. The topological polar surface area (TPSA) is 48.5 Å². The first-order chi connectivity index (χ1) is 31.2. The van der Waals surface area contributed by atoms with Crippen molar-refractivity contribution in [2.45, 2.75) is 0 Å². The summed E-state index contributed by atoms with van der Waals surface area (Å²) in [5.41, 5.74) is 16.2. The lowest BCUT2D eigenvalue weighted by Crippen LogP contribution is -1.98. The van der Waals surface area contributed by atoms with E-state index >= 15 is 0 Å². The largest absolute Gasteiger partial charge is 0.309 e. The average Bonchev–Trinajstić information content (AvgIpc) is 4.01. The van der Waals surface area contributed by atoms with Crippen molar-refractivity contribution in [3.63, 3.8) is 0 Å². The van der Waals surface area contributed by atoms with Crippen molar-refractivity contribution in [3.05, 3.63) is 212 Å². The molecule has 0 fully saturated rings. The molecule has 0 saturated carbocycles. The van der Waals surface area contributed by atoms with E-state index in [0.29, 0.717) is 0 Å². The maximum atomic E-state index is 5.27. The molecule has 0 aliphatic carbocycles. The number of nitrogens with zero attached hydrogens (tertiary/aromatic N) is 5. The summed E-state index contributed by atoms with van der Waals surface area (Å²) in [5, 5.41) is 4.82. The summed E-state index contributed by atoms with van der Waals surface area (Å²) in [7, 11) is 0. The third-order valence-electron chi connectivity index (χ3n) is 12.4. The van der Waals surface area contributed by atoms with Crippen LogP contribution in [0.2, 0.25) is 0 Å². The second kappa shape index (κ2) is 14.2. The zero-order valence-electron chi connectivity index (χ0n) is 33.9. The first kappa shape index (κ1) is 35.6. The van der Waals surface area contributed by atoms with E-state index in [-0.39, 0.29) is 0 Å². The molecule has 6 aromatic heterocycles. The minimum Gasteiger partial charge on any atom is -0.309 e. The van der Waals surface area contributed by atoms with Gasteiger partial charge in [-0.1, -0.05) is 133 Å². The third-order valence-corrected chi connectivity index (χ3v) is 13.5. The minimum atomic E-state index is 0.886. The van der Waals surface area contributed by atoms with Crippen molar-refractivity contribution >= 4 is 75.4 Å². The van der Waals surface area contributed by atoms with Gasteiger partial charge < -0.3 is 4.57 Å². The number of hydrogen-bond donors (Lipinski definition) is 0. The zero-order valence-corrected chi connectivity index (χ0v) is 34.7. The first-order valence-corrected chi connectivity index (χ1v) is 22.0. The van der Waals surface area contributed by atoms with Crippen LogP contribution < -0.4 is 0 Å². The minimum absolute atomic E-state index is 0.886. The number of aromatic nitrogens is 5. The molecule has 294 valence electrons. The molecule has 5 nitrogen and oxygen atoms in total. The van der Waals surface area contributed by atoms with Crippen molar-refractivity contribution in [2.24, 2.45) is 0 Å². The SMILES string of the molecule is c1ccc(-c2cc(-n3c4ccccc4c4cc(-c5cccc(-c6ccc7c8ccccc8n(-c8ccc9sc%10cccnc%10c9n8)c7c6)c5)ccc43)cc(-c3ccccc3)n2)cc1. The van der Waals surface area contributed by atoms with Crippen molar-refractivity contribution in [3.8, 4) is 56.3 Å². The van der Waals surface area contributed by atoms with E-state index in [2.05, 4.69) is 209 Å². The number of pyridine rings is 3. The first-order valence-electron chi connectivity index (χ1n) is 21.2. The Morgan fingerprint density at radius 2 is 0.905 bits per heavy atom. The van der Waals surface area contributed by atoms with Gasteiger partial charge in [0.05, 0.1) is 48.5 Å². The molecular weight excluding hydrogens is 787 g/mol. The van der Waals surface area contributed by atoms with Crippen molar-refractivity contribution < 1.29 is 0 Å². The summed E-state index contributed by atoms with van der Waals surface area (Å²) < 4.78 is 6.99. The van der Waals surface area contributed by atoms with E-state index in [9.17, 15) is 0 Å². The van der Waals surface area contributed by atoms with Crippen LogP contribution in [-0.4, -0.2) is 24.1 Å². The van der Waals surface area contributed by atoms with Crippen LogP contribution >= 0.6 is 11.3 Å². The Kier molecular flexibility index (Phi) is 8.01. The van der Waals surface area contributed by atoms with Crippen LogP contribution in [0.3, 0.4) is 0 Å². The highest BCUT2D eigenvalue weighted by Gasteiger charge is 2.19. The van der Waals surface area contributed by atoms with Gasteiger partial charge >= 0.3 is 0 Å². The van der Waals surface area contributed by atoms with Gasteiger partial charge in [0.2, 0.25) is 0 Å². The average molecular weight is 822 g/mol. The molecule has 13 aromatic rings. The van der Waals surface area contributed by atoms with E-state index in [1.54, 1.807) is 11.3 Å². The van der Waals surface area contributed by atoms with Crippen LogP contribution in [0.15, 0.2) is 212 Å². The van der Waals surface area contributed by atoms with Gasteiger partial charge in [-0.25, -0.2) is 9.97 Å². The van der Waals surface area contributed by atoms with Gasteiger partial charge in [-0.15, -0.1) is 11.3 Å². The molecular formula is C57H35N5S. The number of thiophene rings is 1. The molecule has 0 aliphatic rings. The lowest BCUT2D eigenvalue weighted by atomic mass is 9.97. The Morgan fingerprint density at radius 3 is 1.65 bits per heavy atom. The molecule has 0 atom stereocenters. The van der Waals surface area contributed by atoms with Crippen LogP contribution in [0.5, 0.6) is 0 Å². The number of fused-ring (bicyclic) bond motifs is 9. The Hall–Kier alpha value is -8.19. The van der Waals surface area contributed by atoms with E-state index in [1.165, 1.54) is 27.1 Å². The van der Waals surface area contributed by atoms with Gasteiger partial charge in [-0.2, -0.15) is 0 Å². The molecule has 6 heteroatoms. The van der Waals surface area contributed by atoms with Crippen molar-refractivity contribution in [1.82, 2.24) is 24.1 Å². The molecule has 0 bridgehead atoms. The van der Waals surface area contributed by atoms with Crippen molar-refractivity contribution in [1.29, 1.82) is 0 Å². The Balaban J connectivity index is 0.937. The molecule has 63 heavy (non-hydrogen) atoms. The van der Waals surface area contributed by atoms with E-state index < -0.39 is 0 Å². The molecule has 6 heterocycles. The maximum Gasteiger partial charge on any atom is 0.138 e. The second-order valence-corrected chi connectivity index (χ2v) is 17.1. The predicted molar refractivity (Wildman–Crippen MR) is 263 cm³/mol. The quantitative estimate of drug-likeness (QED) is 0.168. The normalized spacial score (nSPS) is 11.8. The van der Waals surface area contributed by atoms with Gasteiger partial charge in [0.25, 0.3) is 0 Å². The van der Waals surface area contributed by atoms with E-state index in [0.717, 1.165) is 93.2 Å².